The van der Waals surface area contributed by atoms with E-state index in [0.717, 1.165) is 12.8 Å². The lowest BCUT2D eigenvalue weighted by Crippen LogP contribution is -2.48. The van der Waals surface area contributed by atoms with Crippen LogP contribution in [0.1, 0.15) is 52.4 Å². The summed E-state index contributed by atoms with van der Waals surface area (Å²) in [5.41, 5.74) is 0. The third-order valence-electron chi connectivity index (χ3n) is 4.54. The van der Waals surface area contributed by atoms with Crippen LogP contribution in [0.5, 0.6) is 0 Å². The first-order valence-corrected chi connectivity index (χ1v) is 11.3. The number of hydrogen-bond donors (Lipinski definition) is 0. The standard InChI is InChI=1S/C14H26O5S2/c1-3-5-9-20(15,16)13-11-7-8-12(19-11)14(13)21(17,18)10-6-4-2/h11-14H,3-10H2,1-2H3/t11-,12-,13-,14+/m0/s1. The van der Waals surface area contributed by atoms with Crippen molar-refractivity contribution in [2.24, 2.45) is 0 Å². The van der Waals surface area contributed by atoms with Crippen LogP contribution >= 0.6 is 0 Å². The first kappa shape index (κ1) is 17.2. The monoisotopic (exact) mass is 338 g/mol. The van der Waals surface area contributed by atoms with Crippen LogP contribution in [0.25, 0.3) is 0 Å². The zero-order valence-corrected chi connectivity index (χ0v) is 14.5. The largest absolute Gasteiger partial charge is 0.372 e. The number of rotatable bonds is 8. The van der Waals surface area contributed by atoms with E-state index >= 15 is 0 Å². The quantitative estimate of drug-likeness (QED) is 0.673. The first-order chi connectivity index (χ1) is 9.83. The minimum Gasteiger partial charge on any atom is -0.372 e. The molecule has 124 valence electrons. The second kappa shape index (κ2) is 6.54. The third kappa shape index (κ3) is 3.45. The molecule has 21 heavy (non-hydrogen) atoms. The summed E-state index contributed by atoms with van der Waals surface area (Å²) in [7, 11) is -6.83. The average molecular weight is 338 g/mol. The number of unbranched alkanes of at least 4 members (excludes halogenated alkanes) is 2. The van der Waals surface area contributed by atoms with Gasteiger partial charge in [-0.25, -0.2) is 16.8 Å². The van der Waals surface area contributed by atoms with Gasteiger partial charge in [-0.05, 0) is 25.7 Å². The van der Waals surface area contributed by atoms with E-state index in [1.165, 1.54) is 0 Å². The molecule has 0 aromatic rings. The highest BCUT2D eigenvalue weighted by atomic mass is 32.2. The average Bonchev–Trinajstić information content (AvgIpc) is 3.04. The summed E-state index contributed by atoms with van der Waals surface area (Å²) in [5, 5.41) is -1.69. The van der Waals surface area contributed by atoms with E-state index in [0.29, 0.717) is 25.7 Å². The Morgan fingerprint density at radius 3 is 1.52 bits per heavy atom. The molecule has 5 nitrogen and oxygen atoms in total. The zero-order valence-electron chi connectivity index (χ0n) is 12.8. The van der Waals surface area contributed by atoms with Crippen molar-refractivity contribution in [1.82, 2.24) is 0 Å². The van der Waals surface area contributed by atoms with Gasteiger partial charge < -0.3 is 4.74 Å². The molecule has 0 saturated carbocycles. The molecule has 2 aliphatic heterocycles. The van der Waals surface area contributed by atoms with E-state index in [9.17, 15) is 16.8 Å². The molecule has 0 amide bonds. The molecular weight excluding hydrogens is 312 g/mol. The maximum absolute atomic E-state index is 12.6. The van der Waals surface area contributed by atoms with Crippen LogP contribution in [0.15, 0.2) is 0 Å². The molecule has 2 fully saturated rings. The molecule has 0 aromatic carbocycles. The Bertz CT molecular complexity index is 502. The lowest BCUT2D eigenvalue weighted by molar-refractivity contribution is 0.106. The fraction of sp³-hybridized carbons (Fsp3) is 1.00. The van der Waals surface area contributed by atoms with Crippen molar-refractivity contribution >= 4 is 19.7 Å². The van der Waals surface area contributed by atoms with Crippen molar-refractivity contribution in [3.63, 3.8) is 0 Å². The van der Waals surface area contributed by atoms with Crippen LogP contribution in [-0.2, 0) is 24.4 Å². The lowest BCUT2D eigenvalue weighted by Gasteiger charge is -2.27. The summed E-state index contributed by atoms with van der Waals surface area (Å²) < 4.78 is 55.9. The SMILES string of the molecule is CCCCS(=O)(=O)[C@@H]1[C@H](S(=O)(=O)CCCC)[C@@H]2CC[C@@H]1O2. The van der Waals surface area contributed by atoms with E-state index in [1.807, 2.05) is 13.8 Å². The molecule has 2 rings (SSSR count). The molecule has 0 N–H and O–H groups in total. The third-order valence-corrected chi connectivity index (χ3v) is 9.28. The molecule has 2 saturated heterocycles. The Kier molecular flexibility index (Phi) is 5.36. The molecule has 7 heteroatoms. The van der Waals surface area contributed by atoms with Gasteiger partial charge in [-0.15, -0.1) is 0 Å². The summed E-state index contributed by atoms with van der Waals surface area (Å²) in [5.74, 6) is 0.140. The Labute approximate surface area is 128 Å². The second-order valence-corrected chi connectivity index (χ2v) is 10.7. The maximum Gasteiger partial charge on any atom is 0.157 e. The minimum atomic E-state index is -3.41. The molecule has 2 heterocycles. The highest BCUT2D eigenvalue weighted by Gasteiger charge is 2.59. The molecule has 0 aliphatic carbocycles. The lowest BCUT2D eigenvalue weighted by atomic mass is 10.00. The van der Waals surface area contributed by atoms with E-state index < -0.39 is 42.4 Å². The van der Waals surface area contributed by atoms with Crippen LogP contribution in [0.4, 0.5) is 0 Å². The topological polar surface area (TPSA) is 77.5 Å². The van der Waals surface area contributed by atoms with Crippen molar-refractivity contribution in [3.8, 4) is 0 Å². The Hall–Kier alpha value is -0.140. The van der Waals surface area contributed by atoms with Crippen LogP contribution in [-0.4, -0.2) is 51.0 Å². The molecular formula is C14H26O5S2. The highest BCUT2D eigenvalue weighted by Crippen LogP contribution is 2.42. The summed E-state index contributed by atoms with van der Waals surface area (Å²) in [6.07, 6.45) is 3.23. The molecule has 0 spiro atoms. The van der Waals surface area contributed by atoms with Gasteiger partial charge in [-0.1, -0.05) is 26.7 Å². The van der Waals surface area contributed by atoms with Gasteiger partial charge in [0.15, 0.2) is 19.7 Å². The molecule has 4 atom stereocenters. The van der Waals surface area contributed by atoms with Gasteiger partial charge >= 0.3 is 0 Å². The molecule has 0 unspecified atom stereocenters. The predicted molar refractivity (Wildman–Crippen MR) is 82.9 cm³/mol. The minimum absolute atomic E-state index is 0.0700. The van der Waals surface area contributed by atoms with Gasteiger partial charge in [0.25, 0.3) is 0 Å². The predicted octanol–water partition coefficient (Wildman–Crippen LogP) is 1.71. The number of fused-ring (bicyclic) bond motifs is 2. The van der Waals surface area contributed by atoms with Gasteiger partial charge in [0.05, 0.1) is 23.7 Å². The van der Waals surface area contributed by atoms with E-state index in [1.54, 1.807) is 0 Å². The molecule has 0 radical (unpaired) electrons. The van der Waals surface area contributed by atoms with Gasteiger partial charge in [-0.3, -0.25) is 0 Å². The van der Waals surface area contributed by atoms with Crippen LogP contribution in [0.2, 0.25) is 0 Å². The summed E-state index contributed by atoms with van der Waals surface area (Å²) in [6.45, 7) is 3.87. The molecule has 0 aromatic heterocycles. The first-order valence-electron chi connectivity index (χ1n) is 7.92. The van der Waals surface area contributed by atoms with Crippen LogP contribution in [0.3, 0.4) is 0 Å². The smallest absolute Gasteiger partial charge is 0.157 e. The summed E-state index contributed by atoms with van der Waals surface area (Å²) in [4.78, 5) is 0. The van der Waals surface area contributed by atoms with Crippen molar-refractivity contribution in [2.75, 3.05) is 11.5 Å². The highest BCUT2D eigenvalue weighted by molar-refractivity contribution is 7.96. The van der Waals surface area contributed by atoms with Crippen molar-refractivity contribution in [1.29, 1.82) is 0 Å². The van der Waals surface area contributed by atoms with Crippen molar-refractivity contribution in [3.05, 3.63) is 0 Å². The van der Waals surface area contributed by atoms with Crippen LogP contribution < -0.4 is 0 Å². The molecule has 2 aliphatic rings. The van der Waals surface area contributed by atoms with Crippen molar-refractivity contribution < 1.29 is 21.6 Å². The van der Waals surface area contributed by atoms with Gasteiger partial charge in [0, 0.05) is 0 Å². The summed E-state index contributed by atoms with van der Waals surface area (Å²) >= 11 is 0. The zero-order chi connectivity index (χ0) is 15.7. The fourth-order valence-corrected chi connectivity index (χ4v) is 8.87. The molecule has 2 bridgehead atoms. The van der Waals surface area contributed by atoms with E-state index in [4.69, 9.17) is 4.74 Å². The summed E-state index contributed by atoms with van der Waals surface area (Å²) in [6, 6.07) is 0. The maximum atomic E-state index is 12.6. The second-order valence-electron chi connectivity index (χ2n) is 6.16. The Morgan fingerprint density at radius 1 is 0.810 bits per heavy atom. The van der Waals surface area contributed by atoms with Gasteiger partial charge in [-0.2, -0.15) is 0 Å². The Balaban J connectivity index is 2.26. The van der Waals surface area contributed by atoms with E-state index in [2.05, 4.69) is 0 Å². The van der Waals surface area contributed by atoms with Crippen molar-refractivity contribution in [2.45, 2.75) is 75.1 Å². The number of hydrogen-bond acceptors (Lipinski definition) is 5. The fourth-order valence-electron chi connectivity index (χ4n) is 3.43. The van der Waals surface area contributed by atoms with Crippen LogP contribution in [0, 0.1) is 0 Å². The normalized spacial score (nSPS) is 32.7. The van der Waals surface area contributed by atoms with Gasteiger partial charge in [0.1, 0.15) is 10.5 Å². The number of ether oxygens (including phenoxy) is 1. The number of sulfone groups is 2. The van der Waals surface area contributed by atoms with E-state index in [-0.39, 0.29) is 11.5 Å². The Morgan fingerprint density at radius 2 is 1.19 bits per heavy atom. The van der Waals surface area contributed by atoms with Gasteiger partial charge in [0.2, 0.25) is 0 Å².